The SMILES string of the molecule is Cn1c(=O)c(F)c(Nc2ccc(I)cc2F)c2c(=O)n(CC3COC(C)(C)O3)cnc21. The van der Waals surface area contributed by atoms with Crippen molar-refractivity contribution in [3.8, 4) is 0 Å². The molecule has 3 aromatic rings. The molecule has 1 aliphatic heterocycles. The minimum atomic E-state index is -1.20. The zero-order chi connectivity index (χ0) is 22.5. The molecule has 0 saturated carbocycles. The molecule has 0 aliphatic carbocycles. The number of nitrogens with one attached hydrogen (secondary N) is 1. The summed E-state index contributed by atoms with van der Waals surface area (Å²) in [6.07, 6.45) is 0.862. The van der Waals surface area contributed by atoms with Crippen LogP contribution in [-0.2, 0) is 23.1 Å². The normalized spacial score (nSPS) is 17.9. The summed E-state index contributed by atoms with van der Waals surface area (Å²) < 4.78 is 43.4. The van der Waals surface area contributed by atoms with Crippen molar-refractivity contribution < 1.29 is 18.3 Å². The molecule has 0 radical (unpaired) electrons. The standard InChI is InChI=1S/C20H19F2IN4O4/c1-20(2)30-8-11(31-20)7-27-9-24-17-14(18(27)28)16(15(22)19(29)26(17)3)25-13-5-4-10(23)6-12(13)21/h4-6,9,11,25H,7-8H2,1-3H3. The van der Waals surface area contributed by atoms with Gasteiger partial charge < -0.3 is 14.8 Å². The van der Waals surface area contributed by atoms with Crippen LogP contribution in [0.15, 0.2) is 34.1 Å². The number of halogens is 3. The number of benzene rings is 1. The lowest BCUT2D eigenvalue weighted by molar-refractivity contribution is -0.139. The predicted molar refractivity (Wildman–Crippen MR) is 119 cm³/mol. The molecule has 1 atom stereocenters. The van der Waals surface area contributed by atoms with E-state index in [1.807, 2.05) is 22.6 Å². The number of fused-ring (bicyclic) bond motifs is 1. The van der Waals surface area contributed by atoms with Crippen molar-refractivity contribution in [2.45, 2.75) is 32.3 Å². The lowest BCUT2D eigenvalue weighted by Crippen LogP contribution is -2.32. The number of hydrogen-bond acceptors (Lipinski definition) is 6. The van der Waals surface area contributed by atoms with Gasteiger partial charge in [0.05, 0.1) is 24.5 Å². The van der Waals surface area contributed by atoms with Crippen molar-refractivity contribution in [3.05, 3.63) is 60.4 Å². The van der Waals surface area contributed by atoms with E-state index in [2.05, 4.69) is 10.3 Å². The highest BCUT2D eigenvalue weighted by Gasteiger charge is 2.33. The number of hydrogen-bond donors (Lipinski definition) is 1. The lowest BCUT2D eigenvalue weighted by Gasteiger charge is -2.18. The summed E-state index contributed by atoms with van der Waals surface area (Å²) in [5.41, 5.74) is -2.10. The number of aryl methyl sites for hydroxylation is 1. The van der Waals surface area contributed by atoms with Crippen LogP contribution in [-0.4, -0.2) is 32.6 Å². The van der Waals surface area contributed by atoms with Gasteiger partial charge in [0.1, 0.15) is 23.6 Å². The van der Waals surface area contributed by atoms with Gasteiger partial charge in [-0.05, 0) is 54.6 Å². The third-order valence-electron chi connectivity index (χ3n) is 4.96. The highest BCUT2D eigenvalue weighted by Crippen LogP contribution is 2.27. The van der Waals surface area contributed by atoms with Crippen LogP contribution >= 0.6 is 22.6 Å². The molecule has 3 heterocycles. The van der Waals surface area contributed by atoms with E-state index in [-0.39, 0.29) is 29.9 Å². The number of rotatable bonds is 4. The van der Waals surface area contributed by atoms with E-state index in [1.54, 1.807) is 19.9 Å². The maximum atomic E-state index is 15.0. The molecule has 2 aromatic heterocycles. The fourth-order valence-corrected chi connectivity index (χ4v) is 3.91. The molecule has 1 N–H and O–H groups in total. The molecule has 11 heteroatoms. The second-order valence-corrected chi connectivity index (χ2v) is 8.90. The van der Waals surface area contributed by atoms with E-state index in [0.29, 0.717) is 3.57 Å². The van der Waals surface area contributed by atoms with E-state index < -0.39 is 40.3 Å². The van der Waals surface area contributed by atoms with Crippen molar-refractivity contribution in [2.75, 3.05) is 11.9 Å². The van der Waals surface area contributed by atoms with Crippen LogP contribution < -0.4 is 16.4 Å². The Morgan fingerprint density at radius 3 is 2.68 bits per heavy atom. The third kappa shape index (κ3) is 4.08. The number of aromatic nitrogens is 3. The summed E-state index contributed by atoms with van der Waals surface area (Å²) in [5.74, 6) is -2.63. The van der Waals surface area contributed by atoms with Crippen LogP contribution in [0.25, 0.3) is 11.0 Å². The summed E-state index contributed by atoms with van der Waals surface area (Å²) in [6.45, 7) is 3.92. The Morgan fingerprint density at radius 1 is 1.29 bits per heavy atom. The second-order valence-electron chi connectivity index (χ2n) is 7.65. The zero-order valence-corrected chi connectivity index (χ0v) is 19.1. The largest absolute Gasteiger partial charge is 0.350 e. The zero-order valence-electron chi connectivity index (χ0n) is 16.9. The number of anilines is 2. The van der Waals surface area contributed by atoms with Crippen molar-refractivity contribution in [3.63, 3.8) is 0 Å². The van der Waals surface area contributed by atoms with E-state index in [9.17, 15) is 18.4 Å². The van der Waals surface area contributed by atoms with Gasteiger partial charge in [0.25, 0.3) is 11.1 Å². The summed E-state index contributed by atoms with van der Waals surface area (Å²) in [6, 6.07) is 4.27. The van der Waals surface area contributed by atoms with E-state index in [0.717, 1.165) is 4.57 Å². The van der Waals surface area contributed by atoms with Gasteiger partial charge in [0.2, 0.25) is 5.82 Å². The molecule has 31 heavy (non-hydrogen) atoms. The van der Waals surface area contributed by atoms with Crippen LogP contribution in [0.2, 0.25) is 0 Å². The summed E-state index contributed by atoms with van der Waals surface area (Å²) in [5, 5.41) is 2.41. The van der Waals surface area contributed by atoms with Crippen LogP contribution in [0.1, 0.15) is 13.8 Å². The Kier molecular flexibility index (Phi) is 5.60. The Labute approximate surface area is 188 Å². The quantitative estimate of drug-likeness (QED) is 0.509. The van der Waals surface area contributed by atoms with Gasteiger partial charge in [-0.2, -0.15) is 4.39 Å². The predicted octanol–water partition coefficient (Wildman–Crippen LogP) is 2.87. The average molecular weight is 544 g/mol. The average Bonchev–Trinajstić information content (AvgIpc) is 3.05. The van der Waals surface area contributed by atoms with Crippen molar-refractivity contribution >= 4 is 45.0 Å². The first-order valence-electron chi connectivity index (χ1n) is 9.39. The molecule has 1 unspecified atom stereocenters. The third-order valence-corrected chi connectivity index (χ3v) is 5.63. The molecule has 0 amide bonds. The maximum Gasteiger partial charge on any atom is 0.290 e. The first-order chi connectivity index (χ1) is 14.6. The molecule has 1 aliphatic rings. The van der Waals surface area contributed by atoms with Crippen LogP contribution in [0, 0.1) is 15.2 Å². The first kappa shape index (κ1) is 21.8. The van der Waals surface area contributed by atoms with Gasteiger partial charge in [-0.25, -0.2) is 9.37 Å². The summed E-state index contributed by atoms with van der Waals surface area (Å²) in [4.78, 5) is 29.8. The van der Waals surface area contributed by atoms with E-state index in [1.165, 1.54) is 30.1 Å². The van der Waals surface area contributed by atoms with Gasteiger partial charge in [0, 0.05) is 10.6 Å². The van der Waals surface area contributed by atoms with Crippen LogP contribution in [0.4, 0.5) is 20.2 Å². The number of nitrogens with zero attached hydrogens (tertiary/aromatic N) is 3. The number of pyridine rings is 1. The van der Waals surface area contributed by atoms with Gasteiger partial charge >= 0.3 is 0 Å². The fourth-order valence-electron chi connectivity index (χ4n) is 3.46. The topological polar surface area (TPSA) is 87.4 Å². The molecular weight excluding hydrogens is 525 g/mol. The molecule has 0 spiro atoms. The van der Waals surface area contributed by atoms with Crippen LogP contribution in [0.5, 0.6) is 0 Å². The molecule has 1 aromatic carbocycles. The smallest absolute Gasteiger partial charge is 0.290 e. The Balaban J connectivity index is 1.86. The fraction of sp³-hybridized carbons (Fsp3) is 0.350. The molecule has 4 rings (SSSR count). The molecule has 1 fully saturated rings. The van der Waals surface area contributed by atoms with Gasteiger partial charge in [-0.15, -0.1) is 0 Å². The van der Waals surface area contributed by atoms with Crippen molar-refractivity contribution in [2.24, 2.45) is 7.05 Å². The van der Waals surface area contributed by atoms with E-state index in [4.69, 9.17) is 9.47 Å². The molecule has 8 nitrogen and oxygen atoms in total. The lowest BCUT2D eigenvalue weighted by atomic mass is 10.2. The van der Waals surface area contributed by atoms with Crippen molar-refractivity contribution in [1.82, 2.24) is 14.1 Å². The molecule has 1 saturated heterocycles. The molecular formula is C20H19F2IN4O4. The van der Waals surface area contributed by atoms with E-state index >= 15 is 0 Å². The Morgan fingerprint density at radius 2 is 2.03 bits per heavy atom. The number of ether oxygens (including phenoxy) is 2. The summed E-state index contributed by atoms with van der Waals surface area (Å²) >= 11 is 1.94. The van der Waals surface area contributed by atoms with Crippen molar-refractivity contribution in [1.29, 1.82) is 0 Å². The Hall–Kier alpha value is -2.38. The highest BCUT2D eigenvalue weighted by molar-refractivity contribution is 14.1. The van der Waals surface area contributed by atoms with Gasteiger partial charge in [-0.1, -0.05) is 0 Å². The minimum Gasteiger partial charge on any atom is -0.350 e. The Bertz CT molecular complexity index is 1310. The van der Waals surface area contributed by atoms with Gasteiger partial charge in [-0.3, -0.25) is 18.7 Å². The maximum absolute atomic E-state index is 15.0. The molecule has 164 valence electrons. The minimum absolute atomic E-state index is 0.0232. The van der Waals surface area contributed by atoms with Crippen LogP contribution in [0.3, 0.4) is 0 Å². The molecule has 0 bridgehead atoms. The monoisotopic (exact) mass is 544 g/mol. The van der Waals surface area contributed by atoms with Gasteiger partial charge in [0.15, 0.2) is 11.4 Å². The highest BCUT2D eigenvalue weighted by atomic mass is 127. The second kappa shape index (κ2) is 7.95. The summed E-state index contributed by atoms with van der Waals surface area (Å²) in [7, 11) is 1.32. The first-order valence-corrected chi connectivity index (χ1v) is 10.5.